The van der Waals surface area contributed by atoms with Gasteiger partial charge in [0, 0.05) is 11.1 Å². The van der Waals surface area contributed by atoms with Gasteiger partial charge in [-0.2, -0.15) is 0 Å². The molecule has 0 fully saturated rings. The van der Waals surface area contributed by atoms with Gasteiger partial charge in [0.05, 0.1) is 60.3 Å². The van der Waals surface area contributed by atoms with E-state index in [1.165, 1.54) is 26.0 Å². The van der Waals surface area contributed by atoms with Gasteiger partial charge in [-0.15, -0.1) is 5.10 Å². The van der Waals surface area contributed by atoms with E-state index < -0.39 is 64.8 Å². The third-order valence-corrected chi connectivity index (χ3v) is 11.3. The van der Waals surface area contributed by atoms with E-state index in [0.29, 0.717) is 49.1 Å². The van der Waals surface area contributed by atoms with E-state index >= 15 is 0 Å². The molecule has 17 nitrogen and oxygen atoms in total. The van der Waals surface area contributed by atoms with Gasteiger partial charge in [0.2, 0.25) is 17.3 Å². The minimum absolute atomic E-state index is 0.0511. The molecule has 69 heavy (non-hydrogen) atoms. The molecule has 0 unspecified atom stereocenters. The summed E-state index contributed by atoms with van der Waals surface area (Å²) in [7, 11) is 0. The highest BCUT2D eigenvalue weighted by molar-refractivity contribution is 6.34. The number of nitrogens with two attached hydrogens (primary N) is 1. The first-order chi connectivity index (χ1) is 32.6. The average molecular weight is 991 g/mol. The van der Waals surface area contributed by atoms with Crippen LogP contribution in [0, 0.1) is 50.5 Å². The number of carboxylic acid groups (broad SMARTS) is 1. The number of carbonyl (C=O) groups excluding carboxylic acids is 3. The number of aliphatic carboxylic acids is 1. The number of amides is 1. The number of nitrogens with one attached hydrogen (secondary N) is 1. The Labute approximate surface area is 404 Å². The predicted octanol–water partition coefficient (Wildman–Crippen LogP) is 7.75. The van der Waals surface area contributed by atoms with Crippen LogP contribution in [-0.4, -0.2) is 94.6 Å². The number of aliphatic hydroxyl groups excluding tert-OH is 2. The molecule has 0 spiro atoms. The summed E-state index contributed by atoms with van der Waals surface area (Å²) in [5.74, 6) is -6.94. The first-order valence-corrected chi connectivity index (χ1v) is 21.2. The Morgan fingerprint density at radius 1 is 0.754 bits per heavy atom. The molecule has 5 aromatic carbocycles. The number of Topliss-reactive ketones (excluding diaryl/α,β-unsaturated/α-hetero) is 2. The van der Waals surface area contributed by atoms with Gasteiger partial charge >= 0.3 is 5.97 Å². The third kappa shape index (κ3) is 15.5. The van der Waals surface area contributed by atoms with Crippen LogP contribution in [0.1, 0.15) is 56.8 Å². The van der Waals surface area contributed by atoms with Crippen molar-refractivity contribution in [1.82, 2.24) is 20.5 Å². The van der Waals surface area contributed by atoms with Crippen LogP contribution in [0.2, 0.25) is 10.0 Å². The van der Waals surface area contributed by atoms with Crippen molar-refractivity contribution in [3.8, 4) is 11.5 Å². The fourth-order valence-electron chi connectivity index (χ4n) is 6.20. The summed E-state index contributed by atoms with van der Waals surface area (Å²) in [5, 5.41) is 65.9. The number of aromatic hydroxyl groups is 2. The lowest BCUT2D eigenvalue weighted by molar-refractivity contribution is -0.145. The maximum absolute atomic E-state index is 13.1. The van der Waals surface area contributed by atoms with Gasteiger partial charge in [-0.05, 0) is 117 Å². The normalized spacial score (nSPS) is 12.1. The second-order valence-corrected chi connectivity index (χ2v) is 15.9. The molecule has 0 radical (unpaired) electrons. The van der Waals surface area contributed by atoms with Crippen molar-refractivity contribution in [2.24, 2.45) is 17.6 Å². The van der Waals surface area contributed by atoms with Crippen LogP contribution in [0.3, 0.4) is 0 Å². The molecule has 0 aliphatic carbocycles. The number of nitrogens with zero attached hydrogens (tertiary/aromatic N) is 5. The molecular weight excluding hydrogens is 943 g/mol. The SMILES string of the molecule is NCC(=O)c1ccc(F)c(O)c1.On1nnc2ccccc21.[C-]#[N+]c1ccc(C[C@@H](C(=O)NCC(=O)c2ccc(F)c(O)c2)[C@@H](C)O)c(C)c1Cl.[C-]#[N+]c1ccc(C[C@@H](C(=O)O)[C@@H](C)O)c(C)c1Cl. The molecule has 0 saturated carbocycles. The number of aromatic nitrogens is 3. The molecule has 1 aromatic heterocycles. The van der Waals surface area contributed by atoms with Gasteiger partial charge in [0.1, 0.15) is 11.0 Å². The zero-order chi connectivity index (χ0) is 51.7. The Kier molecular flexibility index (Phi) is 21.1. The predicted molar refractivity (Wildman–Crippen MR) is 252 cm³/mol. The molecule has 6 rings (SSSR count). The molecule has 0 aliphatic heterocycles. The molecule has 0 saturated heterocycles. The molecule has 4 atom stereocenters. The first kappa shape index (κ1) is 55.8. The van der Waals surface area contributed by atoms with Gasteiger partial charge in [0.15, 0.2) is 34.7 Å². The summed E-state index contributed by atoms with van der Waals surface area (Å²) in [6.45, 7) is 19.9. The molecule has 362 valence electrons. The number of ketones is 2. The van der Waals surface area contributed by atoms with Crippen molar-refractivity contribution in [3.63, 3.8) is 0 Å². The average Bonchev–Trinajstić information content (AvgIpc) is 3.70. The van der Waals surface area contributed by atoms with Gasteiger partial charge in [0.25, 0.3) is 0 Å². The molecular formula is C48H47Cl2F2N7O10. The third-order valence-electron chi connectivity index (χ3n) is 10.4. The second-order valence-electron chi connectivity index (χ2n) is 15.1. The lowest BCUT2D eigenvalue weighted by Crippen LogP contribution is -2.40. The first-order valence-electron chi connectivity index (χ1n) is 20.5. The molecule has 21 heteroatoms. The van der Waals surface area contributed by atoms with Crippen molar-refractivity contribution >= 4 is 69.1 Å². The number of halogens is 4. The van der Waals surface area contributed by atoms with E-state index in [9.17, 15) is 43.3 Å². The Morgan fingerprint density at radius 2 is 1.22 bits per heavy atom. The largest absolute Gasteiger partial charge is 0.505 e. The number of phenolic OH excluding ortho intramolecular Hbond substituents is 2. The summed E-state index contributed by atoms with van der Waals surface area (Å²) in [5.41, 5.74) is 10.1. The molecule has 1 heterocycles. The lowest BCUT2D eigenvalue weighted by atomic mass is 9.91. The quantitative estimate of drug-likeness (QED) is 0.0313. The van der Waals surface area contributed by atoms with E-state index in [1.807, 2.05) is 12.1 Å². The number of aliphatic hydroxyl groups is 2. The van der Waals surface area contributed by atoms with E-state index in [-0.39, 0.29) is 42.8 Å². The highest BCUT2D eigenvalue weighted by atomic mass is 35.5. The van der Waals surface area contributed by atoms with Gasteiger partial charge in [-0.3, -0.25) is 19.2 Å². The van der Waals surface area contributed by atoms with Crippen LogP contribution in [-0.2, 0) is 22.4 Å². The summed E-state index contributed by atoms with van der Waals surface area (Å²) in [6, 6.07) is 20.2. The summed E-state index contributed by atoms with van der Waals surface area (Å²) in [4.78, 5) is 54.0. The molecule has 6 aromatic rings. The minimum Gasteiger partial charge on any atom is -0.505 e. The number of para-hydroxylation sites is 1. The highest BCUT2D eigenvalue weighted by Crippen LogP contribution is 2.33. The van der Waals surface area contributed by atoms with E-state index in [4.69, 9.17) is 57.5 Å². The van der Waals surface area contributed by atoms with Crippen LogP contribution in [0.5, 0.6) is 11.5 Å². The number of hydrogen-bond donors (Lipinski definition) is 8. The number of fused-ring (bicyclic) bond motifs is 1. The fourth-order valence-corrected chi connectivity index (χ4v) is 6.66. The van der Waals surface area contributed by atoms with Gasteiger partial charge < -0.3 is 41.8 Å². The van der Waals surface area contributed by atoms with Crippen LogP contribution in [0.4, 0.5) is 20.2 Å². The summed E-state index contributed by atoms with van der Waals surface area (Å²) >= 11 is 12.2. The smallest absolute Gasteiger partial charge is 0.309 e. The summed E-state index contributed by atoms with van der Waals surface area (Å²) < 4.78 is 25.6. The van der Waals surface area contributed by atoms with Crippen molar-refractivity contribution in [3.05, 3.63) is 163 Å². The fraction of sp³-hybridized carbons (Fsp3) is 0.250. The Morgan fingerprint density at radius 3 is 1.64 bits per heavy atom. The second kappa shape index (κ2) is 26.1. The zero-order valence-electron chi connectivity index (χ0n) is 37.4. The minimum atomic E-state index is -1.05. The number of hydrogen-bond acceptors (Lipinski definition) is 12. The van der Waals surface area contributed by atoms with Gasteiger partial charge in [-0.25, -0.2) is 18.5 Å². The number of carbonyl (C=O) groups is 4. The molecule has 0 bridgehead atoms. The summed E-state index contributed by atoms with van der Waals surface area (Å²) in [6.07, 6.45) is -1.59. The molecule has 0 aliphatic rings. The number of rotatable bonds is 13. The van der Waals surface area contributed by atoms with E-state index in [1.54, 1.807) is 50.2 Å². The maximum atomic E-state index is 13.1. The van der Waals surface area contributed by atoms with Crippen LogP contribution in [0.15, 0.2) is 84.9 Å². The van der Waals surface area contributed by atoms with Crippen LogP contribution < -0.4 is 11.1 Å². The molecule has 9 N–H and O–H groups in total. The Hall–Kier alpha value is -7.52. The highest BCUT2D eigenvalue weighted by Gasteiger charge is 2.27. The topological polar surface area (TPSA) is 267 Å². The Bertz CT molecular complexity index is 2900. The number of carboxylic acids is 1. The van der Waals surface area contributed by atoms with E-state index in [0.717, 1.165) is 34.7 Å². The van der Waals surface area contributed by atoms with Crippen LogP contribution >= 0.6 is 23.2 Å². The number of benzene rings is 5. The van der Waals surface area contributed by atoms with Crippen molar-refractivity contribution in [2.45, 2.75) is 52.7 Å². The van der Waals surface area contributed by atoms with Crippen molar-refractivity contribution in [1.29, 1.82) is 0 Å². The van der Waals surface area contributed by atoms with Crippen LogP contribution in [0.25, 0.3) is 20.7 Å². The number of phenols is 2. The monoisotopic (exact) mass is 989 g/mol. The van der Waals surface area contributed by atoms with E-state index in [2.05, 4.69) is 25.3 Å². The van der Waals surface area contributed by atoms with Gasteiger partial charge in [-0.1, -0.05) is 64.4 Å². The lowest BCUT2D eigenvalue weighted by Gasteiger charge is -2.21. The standard InChI is InChI=1S/C21H20ClFN2O4.C13H14ClNO3.C8H8FNO2.C6H5N3O/c1-11-13(5-7-17(24-3)20(11)22)8-15(12(2)26)21(29)25-10-19(28)14-4-6-16(23)18(27)9-14;1-7-9(4-5-11(15-3)12(7)14)6-10(8(2)16)13(17)18;9-6-2-1-5(3-7(6)11)8(12)4-10;10-9-6-4-2-1-3-5(6)7-8-9/h4-7,9,12,15,26-27H,8,10H2,1-2H3,(H,25,29);4-5,8,10,16H,6H2,1-2H3,(H,17,18);1-3,11H,4,10H2;1-4,10H/t12-,15-;8-,10-;;/m11../s1. The Balaban J connectivity index is 0.000000266. The van der Waals surface area contributed by atoms with Crippen molar-refractivity contribution in [2.75, 3.05) is 13.1 Å². The maximum Gasteiger partial charge on any atom is 0.309 e. The zero-order valence-corrected chi connectivity index (χ0v) is 38.9. The molecule has 1 amide bonds. The van der Waals surface area contributed by atoms with Crippen molar-refractivity contribution < 1.29 is 58.7 Å².